The number of alkyl halides is 3. The molecule has 2 heterocycles. The van der Waals surface area contributed by atoms with Gasteiger partial charge in [0.25, 0.3) is 0 Å². The number of aliphatic imine (C=N–C) groups is 1. The lowest BCUT2D eigenvalue weighted by atomic mass is 10.0. The fourth-order valence-electron chi connectivity index (χ4n) is 4.57. The van der Waals surface area contributed by atoms with E-state index in [0.29, 0.717) is 40.9 Å². The highest BCUT2D eigenvalue weighted by Gasteiger charge is 2.33. The largest absolute Gasteiger partial charge is 0.573 e. The first-order valence-corrected chi connectivity index (χ1v) is 14.6. The summed E-state index contributed by atoms with van der Waals surface area (Å²) in [4.78, 5) is 22.7. The number of aliphatic hydroxyl groups excluding tert-OH is 1. The van der Waals surface area contributed by atoms with Gasteiger partial charge < -0.3 is 9.84 Å². The van der Waals surface area contributed by atoms with Crippen LogP contribution in [0.5, 0.6) is 5.75 Å². The van der Waals surface area contributed by atoms with Gasteiger partial charge in [0, 0.05) is 12.1 Å². The lowest BCUT2D eigenvalue weighted by Crippen LogP contribution is -2.35. The van der Waals surface area contributed by atoms with Crippen molar-refractivity contribution >= 4 is 28.5 Å². The van der Waals surface area contributed by atoms with Gasteiger partial charge in [0.05, 0.1) is 17.1 Å². The first kappa shape index (κ1) is 31.2. The van der Waals surface area contributed by atoms with E-state index in [1.165, 1.54) is 64.1 Å². The standard InChI is InChI=1S/C30H28F4N6O3S/c1-18(2)24-15-21(31)6-11-25(24)40-26(41)16-44-29(40)37-28(42)35-13-12-19-4-3-5-20(14-19)27-36-17-39(38-27)22-7-9-23(10-8-22)43-30(32,33)34/h3-11,14-15,17-18,28,35,42H,12-13,16H2,1-2H3/b37-29-. The number of rotatable bonds is 10. The second-order valence-electron chi connectivity index (χ2n) is 10.1. The summed E-state index contributed by atoms with van der Waals surface area (Å²) in [6, 6.07) is 17.0. The molecule has 3 aromatic carbocycles. The fourth-order valence-corrected chi connectivity index (χ4v) is 5.45. The van der Waals surface area contributed by atoms with E-state index in [9.17, 15) is 27.5 Å². The third kappa shape index (κ3) is 7.62. The molecule has 1 amide bonds. The van der Waals surface area contributed by atoms with Gasteiger partial charge in [-0.3, -0.25) is 15.0 Å². The molecule has 9 nitrogen and oxygen atoms in total. The van der Waals surface area contributed by atoms with Crippen LogP contribution >= 0.6 is 11.8 Å². The Kier molecular flexibility index (Phi) is 9.32. The van der Waals surface area contributed by atoms with Crippen LogP contribution in [0, 0.1) is 5.82 Å². The minimum atomic E-state index is -4.77. The number of halogens is 4. The molecule has 0 aliphatic carbocycles. The Hall–Kier alpha value is -4.27. The van der Waals surface area contributed by atoms with E-state index in [1.807, 2.05) is 38.1 Å². The molecule has 0 radical (unpaired) electrons. The van der Waals surface area contributed by atoms with Crippen molar-refractivity contribution in [2.75, 3.05) is 17.2 Å². The lowest BCUT2D eigenvalue weighted by Gasteiger charge is -2.22. The van der Waals surface area contributed by atoms with Crippen molar-refractivity contribution < 1.29 is 32.2 Å². The molecule has 1 fully saturated rings. The summed E-state index contributed by atoms with van der Waals surface area (Å²) in [5.41, 5.74) is 3.39. The third-order valence-corrected chi connectivity index (χ3v) is 7.54. The molecule has 1 aliphatic heterocycles. The highest BCUT2D eigenvalue weighted by atomic mass is 32.2. The summed E-state index contributed by atoms with van der Waals surface area (Å²) < 4.78 is 56.5. The predicted molar refractivity (Wildman–Crippen MR) is 159 cm³/mol. The number of hydrogen-bond acceptors (Lipinski definition) is 8. The normalized spacial score (nSPS) is 15.4. The Morgan fingerprint density at radius 2 is 1.89 bits per heavy atom. The van der Waals surface area contributed by atoms with Gasteiger partial charge in [-0.25, -0.2) is 19.0 Å². The highest BCUT2D eigenvalue weighted by molar-refractivity contribution is 8.15. The Morgan fingerprint density at radius 1 is 1.11 bits per heavy atom. The molecule has 1 unspecified atom stereocenters. The molecule has 14 heteroatoms. The molecule has 4 aromatic rings. The van der Waals surface area contributed by atoms with Gasteiger partial charge in [-0.05, 0) is 72.0 Å². The van der Waals surface area contributed by atoms with Crippen LogP contribution < -0.4 is 15.0 Å². The van der Waals surface area contributed by atoms with Crippen molar-refractivity contribution in [3.8, 4) is 22.8 Å². The number of carbonyl (C=O) groups excluding carboxylic acids is 1. The van der Waals surface area contributed by atoms with Crippen LogP contribution in [0.25, 0.3) is 17.1 Å². The van der Waals surface area contributed by atoms with Crippen LogP contribution in [0.3, 0.4) is 0 Å². The van der Waals surface area contributed by atoms with Crippen LogP contribution in [0.15, 0.2) is 78.0 Å². The van der Waals surface area contributed by atoms with Crippen LogP contribution in [0.2, 0.25) is 0 Å². The van der Waals surface area contributed by atoms with Gasteiger partial charge in [0.1, 0.15) is 17.9 Å². The SMILES string of the molecule is CC(C)c1cc(F)ccc1N1C(=O)CS/C1=N\C(O)NCCc1cccc(-c2ncn(-c3ccc(OC(F)(F)F)cc3)n2)c1. The van der Waals surface area contributed by atoms with E-state index in [0.717, 1.165) is 11.1 Å². The molecule has 0 saturated carbocycles. The number of hydrogen-bond donors (Lipinski definition) is 2. The summed E-state index contributed by atoms with van der Waals surface area (Å²) in [6.07, 6.45) is -4.05. The van der Waals surface area contributed by atoms with Crippen molar-refractivity contribution in [3.63, 3.8) is 0 Å². The molecule has 1 atom stereocenters. The van der Waals surface area contributed by atoms with Gasteiger partial charge in [0.2, 0.25) is 12.3 Å². The molecule has 1 saturated heterocycles. The molecule has 1 aliphatic rings. The maximum atomic E-state index is 13.9. The number of thioether (sulfide) groups is 1. The number of aromatic nitrogens is 3. The average Bonchev–Trinajstić information content (AvgIpc) is 3.60. The van der Waals surface area contributed by atoms with E-state index in [-0.39, 0.29) is 23.3 Å². The van der Waals surface area contributed by atoms with E-state index >= 15 is 0 Å². The molecule has 44 heavy (non-hydrogen) atoms. The van der Waals surface area contributed by atoms with Gasteiger partial charge >= 0.3 is 6.36 Å². The van der Waals surface area contributed by atoms with Gasteiger partial charge in [0.15, 0.2) is 11.0 Å². The highest BCUT2D eigenvalue weighted by Crippen LogP contribution is 2.34. The topological polar surface area (TPSA) is 105 Å². The number of aliphatic hydroxyl groups is 1. The maximum absolute atomic E-state index is 13.9. The molecule has 2 N–H and O–H groups in total. The zero-order chi connectivity index (χ0) is 31.4. The van der Waals surface area contributed by atoms with Crippen LogP contribution in [-0.4, -0.2) is 56.0 Å². The average molecular weight is 629 g/mol. The number of carbonyl (C=O) groups is 1. The zero-order valence-electron chi connectivity index (χ0n) is 23.6. The summed E-state index contributed by atoms with van der Waals surface area (Å²) in [5.74, 6) is -0.370. The van der Waals surface area contributed by atoms with Crippen molar-refractivity contribution in [2.45, 2.75) is 38.9 Å². The summed E-state index contributed by atoms with van der Waals surface area (Å²) in [7, 11) is 0. The molecule has 0 spiro atoms. The van der Waals surface area contributed by atoms with E-state index in [1.54, 1.807) is 6.07 Å². The Morgan fingerprint density at radius 3 is 2.61 bits per heavy atom. The molecular weight excluding hydrogens is 600 g/mol. The number of nitrogens with one attached hydrogen (secondary N) is 1. The predicted octanol–water partition coefficient (Wildman–Crippen LogP) is 5.64. The third-order valence-electron chi connectivity index (χ3n) is 6.60. The number of ether oxygens (including phenoxy) is 1. The summed E-state index contributed by atoms with van der Waals surface area (Å²) in [6.45, 7) is 4.19. The monoisotopic (exact) mass is 628 g/mol. The van der Waals surface area contributed by atoms with Crippen LogP contribution in [-0.2, 0) is 11.2 Å². The van der Waals surface area contributed by atoms with E-state index in [4.69, 9.17) is 0 Å². The molecule has 5 rings (SSSR count). The van der Waals surface area contributed by atoms with E-state index in [2.05, 4.69) is 25.1 Å². The lowest BCUT2D eigenvalue weighted by molar-refractivity contribution is -0.274. The van der Waals surface area contributed by atoms with Crippen molar-refractivity contribution in [1.82, 2.24) is 20.1 Å². The van der Waals surface area contributed by atoms with Gasteiger partial charge in [-0.1, -0.05) is 43.8 Å². The van der Waals surface area contributed by atoms with Crippen molar-refractivity contribution in [3.05, 3.63) is 90.0 Å². The smallest absolute Gasteiger partial charge is 0.406 e. The first-order chi connectivity index (χ1) is 21.0. The Balaban J connectivity index is 1.21. The maximum Gasteiger partial charge on any atom is 0.573 e. The first-order valence-electron chi connectivity index (χ1n) is 13.6. The number of amidine groups is 1. The zero-order valence-corrected chi connectivity index (χ0v) is 24.4. The molecule has 1 aromatic heterocycles. The van der Waals surface area contributed by atoms with Crippen molar-refractivity contribution in [2.24, 2.45) is 4.99 Å². The quantitative estimate of drug-likeness (QED) is 0.173. The van der Waals surface area contributed by atoms with Gasteiger partial charge in [-0.2, -0.15) is 0 Å². The van der Waals surface area contributed by atoms with Gasteiger partial charge in [-0.15, -0.1) is 18.3 Å². The minimum absolute atomic E-state index is 0.0311. The van der Waals surface area contributed by atoms with Crippen molar-refractivity contribution in [1.29, 1.82) is 0 Å². The van der Waals surface area contributed by atoms with Crippen LogP contribution in [0.1, 0.15) is 30.9 Å². The number of nitrogens with zero attached hydrogens (tertiary/aromatic N) is 5. The van der Waals surface area contributed by atoms with E-state index < -0.39 is 18.5 Å². The fraction of sp³-hybridized carbons (Fsp3) is 0.267. The number of benzene rings is 3. The minimum Gasteiger partial charge on any atom is -0.406 e. The Bertz CT molecular complexity index is 1660. The molecule has 230 valence electrons. The summed E-state index contributed by atoms with van der Waals surface area (Å²) >= 11 is 1.20. The molecule has 0 bridgehead atoms. The number of anilines is 1. The molecular formula is C30H28F4N6O3S. The second-order valence-corrected chi connectivity index (χ2v) is 11.1. The summed E-state index contributed by atoms with van der Waals surface area (Å²) in [5, 5.41) is 18.3. The Labute approximate surface area is 254 Å². The van der Waals surface area contributed by atoms with Crippen LogP contribution in [0.4, 0.5) is 23.2 Å². The number of amides is 1. The second kappa shape index (κ2) is 13.2.